The molecule has 1 aromatic heterocycles. The molecule has 0 saturated carbocycles. The van der Waals surface area contributed by atoms with E-state index in [1.54, 1.807) is 13.8 Å². The number of nitrogens with zero attached hydrogens (tertiary/aromatic N) is 1. The minimum absolute atomic E-state index is 0.0967. The number of hydrogen-bond donors (Lipinski definition) is 2. The Bertz CT molecular complexity index is 851. The number of benzene rings is 1. The topological polar surface area (TPSA) is 71.1 Å². The lowest BCUT2D eigenvalue weighted by atomic mass is 10.1. The molecule has 0 atom stereocenters. The fourth-order valence-electron chi connectivity index (χ4n) is 2.09. The zero-order valence-electron chi connectivity index (χ0n) is 14.5. The maximum atomic E-state index is 13.3. The average Bonchev–Trinajstić information content (AvgIpc) is 2.59. The van der Waals surface area contributed by atoms with Gasteiger partial charge in [0.25, 0.3) is 5.91 Å². The quantitative estimate of drug-likeness (QED) is 0.773. The second kappa shape index (κ2) is 8.15. The predicted octanol–water partition coefficient (Wildman–Crippen LogP) is 3.76. The predicted molar refractivity (Wildman–Crippen MR) is 90.3 cm³/mol. The number of alkyl halides is 3. The number of halogens is 4. The highest BCUT2D eigenvalue weighted by atomic mass is 19.4. The first-order chi connectivity index (χ1) is 12.6. The smallest absolute Gasteiger partial charge is 0.348 e. The summed E-state index contributed by atoms with van der Waals surface area (Å²) in [5.74, 6) is -2.31. The van der Waals surface area contributed by atoms with E-state index in [1.165, 1.54) is 18.3 Å². The van der Waals surface area contributed by atoms with Crippen molar-refractivity contribution in [3.8, 4) is 0 Å². The monoisotopic (exact) mass is 383 g/mol. The van der Waals surface area contributed by atoms with E-state index in [0.717, 1.165) is 6.07 Å². The molecule has 5 nitrogen and oxygen atoms in total. The number of aromatic nitrogens is 1. The van der Waals surface area contributed by atoms with Crippen molar-refractivity contribution < 1.29 is 27.2 Å². The summed E-state index contributed by atoms with van der Waals surface area (Å²) in [7, 11) is 0. The summed E-state index contributed by atoms with van der Waals surface area (Å²) < 4.78 is 51.5. The molecule has 2 amide bonds. The number of rotatable bonds is 5. The molecule has 0 spiro atoms. The van der Waals surface area contributed by atoms with Crippen LogP contribution in [0.3, 0.4) is 0 Å². The number of hydrogen-bond acceptors (Lipinski definition) is 3. The van der Waals surface area contributed by atoms with Crippen molar-refractivity contribution in [1.29, 1.82) is 0 Å². The summed E-state index contributed by atoms with van der Waals surface area (Å²) in [4.78, 5) is 27.8. The van der Waals surface area contributed by atoms with Gasteiger partial charge in [0, 0.05) is 24.2 Å². The van der Waals surface area contributed by atoms with Crippen molar-refractivity contribution in [2.45, 2.75) is 26.6 Å². The standard InChI is InChI=1S/C18H17F4N3O2/c1-10(2)16(26)25-15-8-12(5-6-23-15)17(27)24-9-11-3-4-14(19)13(7-11)18(20,21)22/h3-8,10H,9H2,1-2H3,(H,24,27)(H,23,25,26). The lowest BCUT2D eigenvalue weighted by Gasteiger charge is -2.11. The molecule has 144 valence electrons. The first-order valence-electron chi connectivity index (χ1n) is 7.98. The van der Waals surface area contributed by atoms with Gasteiger partial charge >= 0.3 is 6.18 Å². The van der Waals surface area contributed by atoms with Gasteiger partial charge in [-0.15, -0.1) is 0 Å². The summed E-state index contributed by atoms with van der Waals surface area (Å²) in [5, 5.41) is 4.99. The summed E-state index contributed by atoms with van der Waals surface area (Å²) in [6.45, 7) is 3.17. The van der Waals surface area contributed by atoms with Crippen LogP contribution in [-0.4, -0.2) is 16.8 Å². The van der Waals surface area contributed by atoms with Gasteiger partial charge in [0.15, 0.2) is 0 Å². The highest BCUT2D eigenvalue weighted by Gasteiger charge is 2.34. The molecular weight excluding hydrogens is 366 g/mol. The van der Waals surface area contributed by atoms with E-state index in [4.69, 9.17) is 0 Å². The van der Waals surface area contributed by atoms with Crippen molar-refractivity contribution >= 4 is 17.6 Å². The molecule has 0 saturated heterocycles. The minimum atomic E-state index is -4.82. The molecule has 0 aliphatic heterocycles. The summed E-state index contributed by atoms with van der Waals surface area (Å²) in [5.41, 5.74) is -1.13. The van der Waals surface area contributed by atoms with Gasteiger partial charge in [-0.1, -0.05) is 19.9 Å². The van der Waals surface area contributed by atoms with Gasteiger partial charge in [-0.25, -0.2) is 9.37 Å². The SMILES string of the molecule is CC(C)C(=O)Nc1cc(C(=O)NCc2ccc(F)c(C(F)(F)F)c2)ccn1. The highest BCUT2D eigenvalue weighted by Crippen LogP contribution is 2.31. The average molecular weight is 383 g/mol. The normalized spacial score (nSPS) is 11.4. The van der Waals surface area contributed by atoms with E-state index in [0.29, 0.717) is 12.1 Å². The molecule has 0 fully saturated rings. The van der Waals surface area contributed by atoms with Crippen LogP contribution >= 0.6 is 0 Å². The van der Waals surface area contributed by atoms with Crippen LogP contribution in [-0.2, 0) is 17.5 Å². The Morgan fingerprint density at radius 2 is 1.85 bits per heavy atom. The van der Waals surface area contributed by atoms with Crippen LogP contribution in [0.2, 0.25) is 0 Å². The lowest BCUT2D eigenvalue weighted by Crippen LogP contribution is -2.24. The lowest BCUT2D eigenvalue weighted by molar-refractivity contribution is -0.140. The highest BCUT2D eigenvalue weighted by molar-refractivity contribution is 5.96. The van der Waals surface area contributed by atoms with Gasteiger partial charge < -0.3 is 10.6 Å². The largest absolute Gasteiger partial charge is 0.419 e. The molecule has 0 aliphatic carbocycles. The van der Waals surface area contributed by atoms with Gasteiger partial charge in [0.05, 0.1) is 5.56 Å². The van der Waals surface area contributed by atoms with Crippen LogP contribution in [0.4, 0.5) is 23.4 Å². The Balaban J connectivity index is 2.07. The fraction of sp³-hybridized carbons (Fsp3) is 0.278. The molecule has 0 unspecified atom stereocenters. The van der Waals surface area contributed by atoms with Gasteiger partial charge in [0.1, 0.15) is 11.6 Å². The Morgan fingerprint density at radius 1 is 1.15 bits per heavy atom. The second-order valence-electron chi connectivity index (χ2n) is 6.07. The van der Waals surface area contributed by atoms with Crippen LogP contribution in [0.15, 0.2) is 36.5 Å². The molecule has 0 aliphatic rings. The molecule has 0 bridgehead atoms. The van der Waals surface area contributed by atoms with Crippen molar-refractivity contribution in [1.82, 2.24) is 10.3 Å². The summed E-state index contributed by atoms with van der Waals surface area (Å²) in [6, 6.07) is 5.26. The van der Waals surface area contributed by atoms with Crippen LogP contribution in [0.25, 0.3) is 0 Å². The molecule has 2 N–H and O–H groups in total. The Kier molecular flexibility index (Phi) is 6.14. The summed E-state index contributed by atoms with van der Waals surface area (Å²) >= 11 is 0. The van der Waals surface area contributed by atoms with Crippen molar-refractivity contribution in [2.75, 3.05) is 5.32 Å². The number of carbonyl (C=O) groups is 2. The molecule has 2 aromatic rings. The first kappa shape index (κ1) is 20.3. The van der Waals surface area contributed by atoms with Gasteiger partial charge in [-0.2, -0.15) is 13.2 Å². The van der Waals surface area contributed by atoms with Gasteiger partial charge in [0.2, 0.25) is 5.91 Å². The molecule has 27 heavy (non-hydrogen) atoms. The van der Waals surface area contributed by atoms with Crippen molar-refractivity contribution in [3.63, 3.8) is 0 Å². The first-order valence-corrected chi connectivity index (χ1v) is 7.98. The van der Waals surface area contributed by atoms with Crippen molar-refractivity contribution in [3.05, 3.63) is 59.0 Å². The molecule has 0 radical (unpaired) electrons. The number of nitrogens with one attached hydrogen (secondary N) is 2. The maximum Gasteiger partial charge on any atom is 0.419 e. The Hall–Kier alpha value is -2.97. The number of anilines is 1. The van der Waals surface area contributed by atoms with E-state index in [1.807, 2.05) is 0 Å². The molecule has 2 rings (SSSR count). The fourth-order valence-corrected chi connectivity index (χ4v) is 2.09. The number of amides is 2. The summed E-state index contributed by atoms with van der Waals surface area (Å²) in [6.07, 6.45) is -3.50. The van der Waals surface area contributed by atoms with E-state index < -0.39 is 23.5 Å². The molecule has 9 heteroatoms. The van der Waals surface area contributed by atoms with E-state index >= 15 is 0 Å². The van der Waals surface area contributed by atoms with E-state index in [-0.39, 0.29) is 35.3 Å². The molecular formula is C18H17F4N3O2. The van der Waals surface area contributed by atoms with Gasteiger partial charge in [-0.3, -0.25) is 9.59 Å². The third-order valence-corrected chi connectivity index (χ3v) is 3.59. The number of carbonyl (C=O) groups excluding carboxylic acids is 2. The minimum Gasteiger partial charge on any atom is -0.348 e. The third kappa shape index (κ3) is 5.50. The Morgan fingerprint density at radius 3 is 2.48 bits per heavy atom. The van der Waals surface area contributed by atoms with Crippen LogP contribution in [0.1, 0.15) is 35.3 Å². The number of pyridine rings is 1. The zero-order valence-corrected chi connectivity index (χ0v) is 14.5. The molecule has 1 aromatic carbocycles. The van der Waals surface area contributed by atoms with Crippen LogP contribution in [0, 0.1) is 11.7 Å². The molecule has 1 heterocycles. The van der Waals surface area contributed by atoms with Crippen molar-refractivity contribution in [2.24, 2.45) is 5.92 Å². The zero-order chi connectivity index (χ0) is 20.2. The third-order valence-electron chi connectivity index (χ3n) is 3.59. The van der Waals surface area contributed by atoms with Crippen LogP contribution in [0.5, 0.6) is 0 Å². The van der Waals surface area contributed by atoms with E-state index in [2.05, 4.69) is 15.6 Å². The Labute approximate surface area is 152 Å². The maximum absolute atomic E-state index is 13.3. The van der Waals surface area contributed by atoms with Gasteiger partial charge in [-0.05, 0) is 29.8 Å². The van der Waals surface area contributed by atoms with Crippen LogP contribution < -0.4 is 10.6 Å². The van der Waals surface area contributed by atoms with E-state index in [9.17, 15) is 27.2 Å². The second-order valence-corrected chi connectivity index (χ2v) is 6.07.